The summed E-state index contributed by atoms with van der Waals surface area (Å²) < 4.78 is 5.47. The summed E-state index contributed by atoms with van der Waals surface area (Å²) in [6.45, 7) is 3.42. The molecule has 3 N–H and O–H groups in total. The number of para-hydroxylation sites is 1. The van der Waals surface area contributed by atoms with Crippen molar-refractivity contribution in [3.8, 4) is 5.75 Å². The van der Waals surface area contributed by atoms with E-state index in [9.17, 15) is 5.11 Å². The minimum Gasteiger partial charge on any atom is -0.491 e. The second-order valence-electron chi connectivity index (χ2n) is 4.43. The molecule has 0 aliphatic rings. The molecule has 0 amide bonds. The van der Waals surface area contributed by atoms with Gasteiger partial charge in [-0.1, -0.05) is 18.2 Å². The van der Waals surface area contributed by atoms with Crippen molar-refractivity contribution < 1.29 is 9.84 Å². The van der Waals surface area contributed by atoms with Gasteiger partial charge in [0.1, 0.15) is 18.5 Å². The van der Waals surface area contributed by atoms with Gasteiger partial charge in [0.05, 0.1) is 6.20 Å². The Balaban J connectivity index is 1.65. The van der Waals surface area contributed by atoms with E-state index >= 15 is 0 Å². The number of nitrogens with zero attached hydrogens (tertiary/aromatic N) is 1. The van der Waals surface area contributed by atoms with Gasteiger partial charge in [-0.25, -0.2) is 0 Å². The van der Waals surface area contributed by atoms with Crippen molar-refractivity contribution >= 4 is 0 Å². The maximum atomic E-state index is 9.80. The number of hydrogen-bond acceptors (Lipinski definition) is 4. The summed E-state index contributed by atoms with van der Waals surface area (Å²) in [6, 6.07) is 9.48. The lowest BCUT2D eigenvalue weighted by Gasteiger charge is -2.13. The number of aliphatic hydroxyl groups is 1. The molecule has 1 atom stereocenters. The molecular formula is C14H19N3O2. The summed E-state index contributed by atoms with van der Waals surface area (Å²) in [5, 5.41) is 19.8. The highest BCUT2D eigenvalue weighted by atomic mass is 16.5. The maximum Gasteiger partial charge on any atom is 0.119 e. The topological polar surface area (TPSA) is 70.2 Å². The molecule has 1 aromatic heterocycles. The summed E-state index contributed by atoms with van der Waals surface area (Å²) >= 11 is 0. The average molecular weight is 261 g/mol. The first kappa shape index (κ1) is 13.6. The summed E-state index contributed by atoms with van der Waals surface area (Å²) in [6.07, 6.45) is 1.25. The highest BCUT2D eigenvalue weighted by Gasteiger charge is 2.06. The van der Waals surface area contributed by atoms with E-state index in [2.05, 4.69) is 15.5 Å². The molecule has 0 saturated heterocycles. The van der Waals surface area contributed by atoms with Crippen molar-refractivity contribution in [2.75, 3.05) is 13.2 Å². The fourth-order valence-corrected chi connectivity index (χ4v) is 1.70. The number of hydrogen-bond donors (Lipinski definition) is 3. The highest BCUT2D eigenvalue weighted by molar-refractivity contribution is 5.20. The number of nitrogens with one attached hydrogen (secondary N) is 2. The van der Waals surface area contributed by atoms with E-state index in [0.717, 1.165) is 17.0 Å². The predicted molar refractivity (Wildman–Crippen MR) is 73.0 cm³/mol. The lowest BCUT2D eigenvalue weighted by Crippen LogP contribution is -2.31. The van der Waals surface area contributed by atoms with Crippen LogP contribution in [0.5, 0.6) is 5.75 Å². The standard InChI is InChI=1S/C14H19N3O2/c1-11-12(8-16-17-11)7-15-9-13(18)10-19-14-5-3-2-4-6-14/h2-6,8,13,15,18H,7,9-10H2,1H3,(H,16,17)/t13-/m1/s1. The fourth-order valence-electron chi connectivity index (χ4n) is 1.70. The van der Waals surface area contributed by atoms with Crippen LogP contribution in [0.15, 0.2) is 36.5 Å². The maximum absolute atomic E-state index is 9.80. The molecule has 5 heteroatoms. The molecule has 0 aliphatic heterocycles. The highest BCUT2D eigenvalue weighted by Crippen LogP contribution is 2.08. The van der Waals surface area contributed by atoms with Crippen LogP contribution in [-0.2, 0) is 6.54 Å². The molecule has 0 bridgehead atoms. The molecule has 2 aromatic rings. The van der Waals surface area contributed by atoms with Gasteiger partial charge in [0.15, 0.2) is 0 Å². The first-order valence-electron chi connectivity index (χ1n) is 6.31. The minimum absolute atomic E-state index is 0.279. The number of aromatic nitrogens is 2. The zero-order valence-electron chi connectivity index (χ0n) is 11.0. The number of aromatic amines is 1. The minimum atomic E-state index is -0.535. The van der Waals surface area contributed by atoms with Crippen LogP contribution in [0.25, 0.3) is 0 Å². The Hall–Kier alpha value is -1.85. The average Bonchev–Trinajstić information content (AvgIpc) is 2.83. The molecule has 5 nitrogen and oxygen atoms in total. The van der Waals surface area contributed by atoms with E-state index in [1.165, 1.54) is 0 Å². The quantitative estimate of drug-likeness (QED) is 0.701. The summed E-state index contributed by atoms with van der Waals surface area (Å²) in [5.41, 5.74) is 2.15. The molecule has 19 heavy (non-hydrogen) atoms. The lowest BCUT2D eigenvalue weighted by molar-refractivity contribution is 0.106. The molecule has 0 radical (unpaired) electrons. The van der Waals surface area contributed by atoms with E-state index in [1.807, 2.05) is 37.3 Å². The first-order valence-corrected chi connectivity index (χ1v) is 6.31. The number of aliphatic hydroxyl groups excluding tert-OH is 1. The zero-order chi connectivity index (χ0) is 13.5. The van der Waals surface area contributed by atoms with Gasteiger partial charge in [0, 0.05) is 24.3 Å². The third-order valence-electron chi connectivity index (χ3n) is 2.82. The number of H-pyrrole nitrogens is 1. The third-order valence-corrected chi connectivity index (χ3v) is 2.82. The van der Waals surface area contributed by atoms with Gasteiger partial charge in [-0.05, 0) is 19.1 Å². The molecule has 1 aromatic carbocycles. The summed E-state index contributed by atoms with van der Waals surface area (Å²) in [7, 11) is 0. The molecule has 0 fully saturated rings. The second kappa shape index (κ2) is 6.92. The number of benzene rings is 1. The van der Waals surface area contributed by atoms with Crippen molar-refractivity contribution in [2.24, 2.45) is 0 Å². The van der Waals surface area contributed by atoms with Gasteiger partial charge in [0.2, 0.25) is 0 Å². The van der Waals surface area contributed by atoms with Gasteiger partial charge in [-0.2, -0.15) is 5.10 Å². The van der Waals surface area contributed by atoms with E-state index < -0.39 is 6.10 Å². The first-order chi connectivity index (χ1) is 9.25. The van der Waals surface area contributed by atoms with Gasteiger partial charge < -0.3 is 15.2 Å². The van der Waals surface area contributed by atoms with Crippen molar-refractivity contribution in [2.45, 2.75) is 19.6 Å². The molecule has 102 valence electrons. The van der Waals surface area contributed by atoms with Gasteiger partial charge >= 0.3 is 0 Å². The van der Waals surface area contributed by atoms with E-state index in [-0.39, 0.29) is 6.61 Å². The van der Waals surface area contributed by atoms with Crippen LogP contribution in [0.1, 0.15) is 11.3 Å². The molecule has 2 rings (SSSR count). The Bertz CT molecular complexity index is 484. The van der Waals surface area contributed by atoms with Crippen LogP contribution in [0.3, 0.4) is 0 Å². The van der Waals surface area contributed by atoms with Crippen LogP contribution in [0, 0.1) is 6.92 Å². The van der Waals surface area contributed by atoms with Crippen LogP contribution >= 0.6 is 0 Å². The largest absolute Gasteiger partial charge is 0.491 e. The summed E-state index contributed by atoms with van der Waals surface area (Å²) in [5.74, 6) is 0.771. The Morgan fingerprint density at radius 3 is 2.84 bits per heavy atom. The monoisotopic (exact) mass is 261 g/mol. The van der Waals surface area contributed by atoms with Crippen LogP contribution in [0.4, 0.5) is 0 Å². The zero-order valence-corrected chi connectivity index (χ0v) is 11.0. The van der Waals surface area contributed by atoms with Gasteiger partial charge in [-0.15, -0.1) is 0 Å². The second-order valence-corrected chi connectivity index (χ2v) is 4.43. The van der Waals surface area contributed by atoms with E-state index in [4.69, 9.17) is 4.74 Å². The molecule has 0 unspecified atom stereocenters. The number of ether oxygens (including phenoxy) is 1. The Kier molecular flexibility index (Phi) is 4.94. The molecular weight excluding hydrogens is 242 g/mol. The molecule has 0 saturated carbocycles. The Morgan fingerprint density at radius 2 is 2.16 bits per heavy atom. The van der Waals surface area contributed by atoms with E-state index in [1.54, 1.807) is 6.20 Å². The van der Waals surface area contributed by atoms with Crippen LogP contribution < -0.4 is 10.1 Å². The van der Waals surface area contributed by atoms with Crippen molar-refractivity contribution in [3.05, 3.63) is 47.8 Å². The number of rotatable bonds is 7. The Morgan fingerprint density at radius 1 is 1.37 bits per heavy atom. The van der Waals surface area contributed by atoms with Crippen LogP contribution in [-0.4, -0.2) is 34.6 Å². The molecule has 0 aliphatic carbocycles. The predicted octanol–water partition coefficient (Wildman–Crippen LogP) is 1.25. The smallest absolute Gasteiger partial charge is 0.119 e. The lowest BCUT2D eigenvalue weighted by atomic mass is 10.2. The van der Waals surface area contributed by atoms with Gasteiger partial charge in [0.25, 0.3) is 0 Å². The van der Waals surface area contributed by atoms with Crippen LogP contribution in [0.2, 0.25) is 0 Å². The summed E-state index contributed by atoms with van der Waals surface area (Å²) in [4.78, 5) is 0. The SMILES string of the molecule is Cc1[nH]ncc1CNC[C@@H](O)COc1ccccc1. The Labute approximate surface area is 112 Å². The van der Waals surface area contributed by atoms with Crippen molar-refractivity contribution in [1.29, 1.82) is 0 Å². The van der Waals surface area contributed by atoms with Crippen molar-refractivity contribution in [1.82, 2.24) is 15.5 Å². The third kappa shape index (κ3) is 4.39. The molecule has 0 spiro atoms. The fraction of sp³-hybridized carbons (Fsp3) is 0.357. The van der Waals surface area contributed by atoms with Gasteiger partial charge in [-0.3, -0.25) is 5.10 Å². The normalized spacial score (nSPS) is 12.3. The van der Waals surface area contributed by atoms with Crippen molar-refractivity contribution in [3.63, 3.8) is 0 Å². The molecule has 1 heterocycles. The van der Waals surface area contributed by atoms with E-state index in [0.29, 0.717) is 13.1 Å². The number of aryl methyl sites for hydroxylation is 1.